The molecule has 10 nitrogen and oxygen atoms in total. The fraction of sp³-hybridized carbons (Fsp3) is 0.148. The maximum absolute atomic E-state index is 14.9. The van der Waals surface area contributed by atoms with Crippen LogP contribution in [-0.2, 0) is 0 Å². The number of benzene rings is 2. The van der Waals surface area contributed by atoms with Gasteiger partial charge in [-0.15, -0.1) is 0 Å². The first kappa shape index (κ1) is 26.8. The van der Waals surface area contributed by atoms with Crippen LogP contribution in [0.15, 0.2) is 65.6 Å². The monoisotopic (exact) mass is 566 g/mol. The Morgan fingerprint density at radius 3 is 2.58 bits per heavy atom. The number of anilines is 2. The molecule has 40 heavy (non-hydrogen) atoms. The van der Waals surface area contributed by atoms with Gasteiger partial charge in [-0.25, -0.2) is 18.6 Å². The van der Waals surface area contributed by atoms with Gasteiger partial charge in [-0.3, -0.25) is 14.9 Å². The Kier molecular flexibility index (Phi) is 7.43. The fourth-order valence-electron chi connectivity index (χ4n) is 3.68. The molecule has 1 fully saturated rings. The maximum Gasteiger partial charge on any atom is 0.320 e. The number of nitrogens with one attached hydrogen (secondary N) is 3. The van der Waals surface area contributed by atoms with Crippen LogP contribution < -0.4 is 26.2 Å². The Balaban J connectivity index is 1.30. The van der Waals surface area contributed by atoms with Crippen LogP contribution in [0.4, 0.5) is 25.1 Å². The van der Waals surface area contributed by atoms with Crippen molar-refractivity contribution in [3.63, 3.8) is 0 Å². The average molecular weight is 567 g/mol. The van der Waals surface area contributed by atoms with Crippen molar-refractivity contribution >= 4 is 35.0 Å². The molecule has 204 valence electrons. The van der Waals surface area contributed by atoms with Crippen LogP contribution in [0.25, 0.3) is 5.69 Å². The van der Waals surface area contributed by atoms with E-state index in [4.69, 9.17) is 16.3 Å². The van der Waals surface area contributed by atoms with E-state index in [1.165, 1.54) is 49.5 Å². The largest absolute Gasteiger partial charge is 0.454 e. The molecule has 1 saturated carbocycles. The van der Waals surface area contributed by atoms with E-state index in [9.17, 15) is 23.2 Å². The van der Waals surface area contributed by atoms with Gasteiger partial charge in [0.2, 0.25) is 0 Å². The summed E-state index contributed by atoms with van der Waals surface area (Å²) in [4.78, 5) is 41.4. The highest BCUT2D eigenvalue weighted by Crippen LogP contribution is 2.28. The van der Waals surface area contributed by atoms with E-state index >= 15 is 0 Å². The second-order valence-electron chi connectivity index (χ2n) is 8.97. The topological polar surface area (TPSA) is 127 Å². The predicted octanol–water partition coefficient (Wildman–Crippen LogP) is 5.20. The zero-order valence-electron chi connectivity index (χ0n) is 20.9. The number of amides is 3. The quantitative estimate of drug-likeness (QED) is 0.282. The molecule has 0 radical (unpaired) electrons. The summed E-state index contributed by atoms with van der Waals surface area (Å²) in [5.41, 5.74) is -0.758. The summed E-state index contributed by atoms with van der Waals surface area (Å²) in [6.45, 7) is 1.49. The van der Waals surface area contributed by atoms with Crippen LogP contribution in [0.1, 0.15) is 28.9 Å². The number of aromatic nitrogens is 3. The Morgan fingerprint density at radius 1 is 1.02 bits per heavy atom. The van der Waals surface area contributed by atoms with Gasteiger partial charge in [0, 0.05) is 41.1 Å². The molecule has 0 bridgehead atoms. The lowest BCUT2D eigenvalue weighted by Gasteiger charge is -2.12. The van der Waals surface area contributed by atoms with Gasteiger partial charge < -0.3 is 15.4 Å². The van der Waals surface area contributed by atoms with Crippen LogP contribution in [0.2, 0.25) is 5.02 Å². The number of hydrogen-bond acceptors (Lipinski definition) is 6. The van der Waals surface area contributed by atoms with Crippen LogP contribution in [0.3, 0.4) is 0 Å². The highest BCUT2D eigenvalue weighted by atomic mass is 35.5. The number of hydrogen-bond donors (Lipinski definition) is 3. The predicted molar refractivity (Wildman–Crippen MR) is 143 cm³/mol. The molecular formula is C27H21ClF2N6O4. The lowest BCUT2D eigenvalue weighted by molar-refractivity contribution is 0.101. The van der Waals surface area contributed by atoms with Crippen molar-refractivity contribution in [2.45, 2.75) is 25.8 Å². The molecule has 0 atom stereocenters. The number of nitrogens with zero attached hydrogens (tertiary/aromatic N) is 3. The summed E-state index contributed by atoms with van der Waals surface area (Å²) in [5, 5.41) is 12.1. The number of urea groups is 1. The van der Waals surface area contributed by atoms with Crippen molar-refractivity contribution in [1.82, 2.24) is 20.1 Å². The number of halogens is 3. The SMILES string of the molecule is Cc1cc(=O)n(-c2cc(Cl)ccc2F)nc1C(=O)Nc1ccc(Oc2ccnc(NC(=O)NC3CC3)c2)c(F)c1. The highest BCUT2D eigenvalue weighted by Gasteiger charge is 2.23. The minimum atomic E-state index is -0.786. The van der Waals surface area contributed by atoms with Gasteiger partial charge in [0.05, 0.1) is 0 Å². The second-order valence-corrected chi connectivity index (χ2v) is 9.41. The standard InChI is InChI=1S/C27H21ClF2N6O4/c1-14-10-24(37)36(21-11-15(28)2-6-19(21)29)35-25(14)26(38)32-17-5-7-22(20(30)12-17)40-18-8-9-31-23(13-18)34-27(39)33-16-3-4-16/h2,5-13,16H,3-4H2,1H3,(H,32,38)(H2,31,33,34,39). The first-order chi connectivity index (χ1) is 19.2. The summed E-state index contributed by atoms with van der Waals surface area (Å²) in [5.74, 6) is -1.99. The highest BCUT2D eigenvalue weighted by molar-refractivity contribution is 6.30. The fourth-order valence-corrected chi connectivity index (χ4v) is 3.84. The lowest BCUT2D eigenvalue weighted by atomic mass is 10.2. The Bertz CT molecular complexity index is 1690. The summed E-state index contributed by atoms with van der Waals surface area (Å²) in [7, 11) is 0. The molecule has 3 N–H and O–H groups in total. The van der Waals surface area contributed by atoms with Crippen molar-refractivity contribution in [2.24, 2.45) is 0 Å². The Hall–Kier alpha value is -4.84. The van der Waals surface area contributed by atoms with Crippen LogP contribution in [-0.4, -0.2) is 32.7 Å². The van der Waals surface area contributed by atoms with Crippen LogP contribution in [0.5, 0.6) is 11.5 Å². The number of aryl methyl sites for hydroxylation is 1. The van der Waals surface area contributed by atoms with Gasteiger partial charge in [0.25, 0.3) is 11.5 Å². The van der Waals surface area contributed by atoms with E-state index in [2.05, 4.69) is 26.0 Å². The van der Waals surface area contributed by atoms with Crippen LogP contribution in [0, 0.1) is 18.6 Å². The number of carbonyl (C=O) groups excluding carboxylic acids is 2. The van der Waals surface area contributed by atoms with Gasteiger partial charge in [0.15, 0.2) is 17.3 Å². The molecule has 1 aliphatic rings. The van der Waals surface area contributed by atoms with Gasteiger partial charge in [-0.2, -0.15) is 9.78 Å². The van der Waals surface area contributed by atoms with E-state index in [0.717, 1.165) is 35.7 Å². The summed E-state index contributed by atoms with van der Waals surface area (Å²) in [6, 6.07) is 11.2. The maximum atomic E-state index is 14.9. The minimum absolute atomic E-state index is 0.0802. The zero-order valence-corrected chi connectivity index (χ0v) is 21.6. The molecule has 5 rings (SSSR count). The molecule has 2 aromatic heterocycles. The van der Waals surface area contributed by atoms with E-state index < -0.39 is 29.1 Å². The molecule has 0 saturated heterocycles. The van der Waals surface area contributed by atoms with Gasteiger partial charge in [-0.05, 0) is 61.7 Å². The molecule has 4 aromatic rings. The summed E-state index contributed by atoms with van der Waals surface area (Å²) < 4.78 is 35.5. The second kappa shape index (κ2) is 11.1. The summed E-state index contributed by atoms with van der Waals surface area (Å²) in [6.07, 6.45) is 3.27. The number of ether oxygens (including phenoxy) is 1. The van der Waals surface area contributed by atoms with Crippen molar-refractivity contribution in [1.29, 1.82) is 0 Å². The van der Waals surface area contributed by atoms with E-state index in [-0.39, 0.29) is 51.0 Å². The third-order valence-electron chi connectivity index (χ3n) is 5.78. The zero-order chi connectivity index (χ0) is 28.4. The number of carbonyl (C=O) groups is 2. The minimum Gasteiger partial charge on any atom is -0.454 e. The molecular weight excluding hydrogens is 546 g/mol. The van der Waals surface area contributed by atoms with E-state index in [0.29, 0.717) is 0 Å². The lowest BCUT2D eigenvalue weighted by Crippen LogP contribution is -2.30. The normalized spacial score (nSPS) is 12.5. The van der Waals surface area contributed by atoms with E-state index in [1.807, 2.05) is 0 Å². The van der Waals surface area contributed by atoms with Crippen molar-refractivity contribution in [3.05, 3.63) is 99.1 Å². The Labute approximate surface area is 231 Å². The van der Waals surface area contributed by atoms with Crippen molar-refractivity contribution < 1.29 is 23.1 Å². The molecule has 0 spiro atoms. The average Bonchev–Trinajstić information content (AvgIpc) is 3.71. The smallest absolute Gasteiger partial charge is 0.320 e. The molecule has 1 aliphatic carbocycles. The molecule has 3 amide bonds. The third kappa shape index (κ3) is 6.24. The van der Waals surface area contributed by atoms with Crippen molar-refractivity contribution in [3.8, 4) is 17.2 Å². The van der Waals surface area contributed by atoms with Gasteiger partial charge >= 0.3 is 6.03 Å². The molecule has 13 heteroatoms. The first-order valence-electron chi connectivity index (χ1n) is 12.0. The third-order valence-corrected chi connectivity index (χ3v) is 6.01. The van der Waals surface area contributed by atoms with E-state index in [1.54, 1.807) is 0 Å². The molecule has 0 unspecified atom stereocenters. The van der Waals surface area contributed by atoms with Gasteiger partial charge in [0.1, 0.15) is 23.1 Å². The molecule has 0 aliphatic heterocycles. The van der Waals surface area contributed by atoms with Gasteiger partial charge in [-0.1, -0.05) is 11.6 Å². The molecule has 2 heterocycles. The first-order valence-corrected chi connectivity index (χ1v) is 12.4. The Morgan fingerprint density at radius 2 is 1.82 bits per heavy atom. The molecule has 2 aromatic carbocycles. The number of rotatable bonds is 7. The van der Waals surface area contributed by atoms with Crippen molar-refractivity contribution in [2.75, 3.05) is 10.6 Å². The summed E-state index contributed by atoms with van der Waals surface area (Å²) >= 11 is 5.93. The number of pyridine rings is 1. The van der Waals surface area contributed by atoms with Crippen LogP contribution >= 0.6 is 11.6 Å².